The Labute approximate surface area is 99.2 Å². The highest BCUT2D eigenvalue weighted by atomic mass is 16.1. The molecule has 0 saturated heterocycles. The Bertz CT molecular complexity index is 245. The first-order chi connectivity index (χ1) is 7.28. The average Bonchev–Trinajstić information content (AvgIpc) is 2.74. The largest absolute Gasteiger partial charge is 0.356 e. The van der Waals surface area contributed by atoms with Gasteiger partial charge in [-0.05, 0) is 30.1 Å². The smallest absolute Gasteiger partial charge is 0.221 e. The van der Waals surface area contributed by atoms with Crippen LogP contribution in [-0.2, 0) is 4.79 Å². The number of hydrogen-bond acceptors (Lipinski definition) is 2. The number of carbonyl (C=O) groups is 1. The fraction of sp³-hybridized carbons (Fsp3) is 0.923. The standard InChI is InChI=1S/C13H26N2O/c1-9-5-10(9)8-15-12(16)6-11(14)7-13(2,3)4/h9-11H,5-8,14H2,1-4H3,(H,15,16). The lowest BCUT2D eigenvalue weighted by atomic mass is 9.87. The van der Waals surface area contributed by atoms with Crippen LogP contribution in [0.25, 0.3) is 0 Å². The molecular weight excluding hydrogens is 200 g/mol. The summed E-state index contributed by atoms with van der Waals surface area (Å²) in [5.74, 6) is 1.61. The highest BCUT2D eigenvalue weighted by Gasteiger charge is 2.32. The molecule has 1 rings (SSSR count). The molecule has 1 amide bonds. The molecule has 16 heavy (non-hydrogen) atoms. The first-order valence-corrected chi connectivity index (χ1v) is 6.30. The van der Waals surface area contributed by atoms with E-state index in [1.54, 1.807) is 0 Å². The Morgan fingerprint density at radius 1 is 1.50 bits per heavy atom. The van der Waals surface area contributed by atoms with Gasteiger partial charge in [0.25, 0.3) is 0 Å². The second-order valence-electron chi connectivity index (χ2n) is 6.51. The number of carbonyl (C=O) groups excluding carboxylic acids is 1. The Morgan fingerprint density at radius 3 is 2.50 bits per heavy atom. The van der Waals surface area contributed by atoms with Crippen molar-refractivity contribution < 1.29 is 4.79 Å². The fourth-order valence-corrected chi connectivity index (χ4v) is 2.10. The molecule has 0 radical (unpaired) electrons. The van der Waals surface area contributed by atoms with Crippen LogP contribution in [0.15, 0.2) is 0 Å². The fourth-order valence-electron chi connectivity index (χ4n) is 2.10. The molecule has 1 saturated carbocycles. The van der Waals surface area contributed by atoms with Crippen molar-refractivity contribution in [2.24, 2.45) is 23.0 Å². The topological polar surface area (TPSA) is 55.1 Å². The molecule has 0 bridgehead atoms. The number of nitrogens with two attached hydrogens (primary N) is 1. The molecule has 0 aromatic rings. The van der Waals surface area contributed by atoms with Crippen molar-refractivity contribution in [1.29, 1.82) is 0 Å². The summed E-state index contributed by atoms with van der Waals surface area (Å²) in [7, 11) is 0. The van der Waals surface area contributed by atoms with E-state index in [1.165, 1.54) is 6.42 Å². The van der Waals surface area contributed by atoms with Gasteiger partial charge < -0.3 is 11.1 Å². The van der Waals surface area contributed by atoms with Crippen LogP contribution in [0.3, 0.4) is 0 Å². The summed E-state index contributed by atoms with van der Waals surface area (Å²) >= 11 is 0. The Hall–Kier alpha value is -0.570. The van der Waals surface area contributed by atoms with Crippen molar-refractivity contribution >= 4 is 5.91 Å². The van der Waals surface area contributed by atoms with E-state index < -0.39 is 0 Å². The van der Waals surface area contributed by atoms with Gasteiger partial charge in [0, 0.05) is 19.0 Å². The number of rotatable bonds is 5. The van der Waals surface area contributed by atoms with E-state index in [0.29, 0.717) is 12.3 Å². The van der Waals surface area contributed by atoms with Crippen LogP contribution < -0.4 is 11.1 Å². The van der Waals surface area contributed by atoms with Crippen LogP contribution in [0.1, 0.15) is 47.0 Å². The zero-order valence-corrected chi connectivity index (χ0v) is 11.0. The van der Waals surface area contributed by atoms with Crippen molar-refractivity contribution in [1.82, 2.24) is 5.32 Å². The highest BCUT2D eigenvalue weighted by Crippen LogP contribution is 2.36. The maximum absolute atomic E-state index is 11.6. The summed E-state index contributed by atoms with van der Waals surface area (Å²) in [6, 6.07) is -0.0170. The molecule has 0 aliphatic heterocycles. The zero-order chi connectivity index (χ0) is 12.3. The predicted octanol–water partition coefficient (Wildman–Crippen LogP) is 1.91. The average molecular weight is 226 g/mol. The molecule has 1 aliphatic rings. The maximum Gasteiger partial charge on any atom is 0.221 e. The quantitative estimate of drug-likeness (QED) is 0.752. The van der Waals surface area contributed by atoms with E-state index in [1.807, 2.05) is 0 Å². The van der Waals surface area contributed by atoms with E-state index in [9.17, 15) is 4.79 Å². The summed E-state index contributed by atoms with van der Waals surface area (Å²) in [4.78, 5) is 11.6. The molecule has 1 fully saturated rings. The van der Waals surface area contributed by atoms with Crippen LogP contribution in [-0.4, -0.2) is 18.5 Å². The second-order valence-corrected chi connectivity index (χ2v) is 6.51. The van der Waals surface area contributed by atoms with E-state index in [-0.39, 0.29) is 17.4 Å². The lowest BCUT2D eigenvalue weighted by Gasteiger charge is -2.22. The van der Waals surface area contributed by atoms with Gasteiger partial charge in [0.15, 0.2) is 0 Å². The Morgan fingerprint density at radius 2 is 2.06 bits per heavy atom. The molecule has 1 aliphatic carbocycles. The van der Waals surface area contributed by atoms with Crippen molar-refractivity contribution in [2.45, 2.75) is 53.0 Å². The van der Waals surface area contributed by atoms with Gasteiger partial charge in [-0.1, -0.05) is 27.7 Å². The van der Waals surface area contributed by atoms with Crippen LogP contribution >= 0.6 is 0 Å². The molecule has 94 valence electrons. The van der Waals surface area contributed by atoms with E-state index in [4.69, 9.17) is 5.73 Å². The van der Waals surface area contributed by atoms with Gasteiger partial charge in [0.05, 0.1) is 0 Å². The van der Waals surface area contributed by atoms with E-state index in [2.05, 4.69) is 33.0 Å². The monoisotopic (exact) mass is 226 g/mol. The number of hydrogen-bond donors (Lipinski definition) is 2. The minimum atomic E-state index is -0.0170. The van der Waals surface area contributed by atoms with Gasteiger partial charge in [-0.3, -0.25) is 4.79 Å². The van der Waals surface area contributed by atoms with Crippen LogP contribution in [0.5, 0.6) is 0 Å². The van der Waals surface area contributed by atoms with Crippen molar-refractivity contribution in [3.63, 3.8) is 0 Å². The minimum Gasteiger partial charge on any atom is -0.356 e. The first-order valence-electron chi connectivity index (χ1n) is 6.30. The summed E-state index contributed by atoms with van der Waals surface area (Å²) in [5.41, 5.74) is 6.15. The molecule has 0 spiro atoms. The highest BCUT2D eigenvalue weighted by molar-refractivity contribution is 5.76. The Kier molecular flexibility index (Phi) is 4.36. The van der Waals surface area contributed by atoms with Crippen molar-refractivity contribution in [3.05, 3.63) is 0 Å². The molecule has 3 unspecified atom stereocenters. The van der Waals surface area contributed by atoms with Gasteiger partial charge in [-0.25, -0.2) is 0 Å². The molecule has 3 nitrogen and oxygen atoms in total. The predicted molar refractivity (Wildman–Crippen MR) is 66.9 cm³/mol. The van der Waals surface area contributed by atoms with Gasteiger partial charge in [-0.2, -0.15) is 0 Å². The molecular formula is C13H26N2O. The zero-order valence-electron chi connectivity index (χ0n) is 11.0. The minimum absolute atomic E-state index is 0.0170. The third-order valence-electron chi connectivity index (χ3n) is 3.16. The molecule has 0 aromatic heterocycles. The molecule has 0 heterocycles. The van der Waals surface area contributed by atoms with Gasteiger partial charge in [0.1, 0.15) is 0 Å². The maximum atomic E-state index is 11.6. The summed E-state index contributed by atoms with van der Waals surface area (Å²) in [5, 5.41) is 2.97. The van der Waals surface area contributed by atoms with Crippen LogP contribution in [0.4, 0.5) is 0 Å². The third kappa shape index (κ3) is 5.50. The number of nitrogens with one attached hydrogen (secondary N) is 1. The molecule has 3 heteroatoms. The van der Waals surface area contributed by atoms with E-state index in [0.717, 1.165) is 18.9 Å². The van der Waals surface area contributed by atoms with Gasteiger partial charge in [0.2, 0.25) is 5.91 Å². The Balaban J connectivity index is 2.13. The SMILES string of the molecule is CC1CC1CNC(=O)CC(N)CC(C)(C)C. The third-order valence-corrected chi connectivity index (χ3v) is 3.16. The van der Waals surface area contributed by atoms with Crippen molar-refractivity contribution in [2.75, 3.05) is 6.54 Å². The van der Waals surface area contributed by atoms with Crippen LogP contribution in [0.2, 0.25) is 0 Å². The molecule has 0 aromatic carbocycles. The van der Waals surface area contributed by atoms with E-state index >= 15 is 0 Å². The molecule has 3 N–H and O–H groups in total. The summed E-state index contributed by atoms with van der Waals surface area (Å²) in [6.07, 6.45) is 2.60. The lowest BCUT2D eigenvalue weighted by Crippen LogP contribution is -2.35. The van der Waals surface area contributed by atoms with Gasteiger partial charge >= 0.3 is 0 Å². The molecule has 3 atom stereocenters. The number of amides is 1. The van der Waals surface area contributed by atoms with Gasteiger partial charge in [-0.15, -0.1) is 0 Å². The second kappa shape index (κ2) is 5.17. The van der Waals surface area contributed by atoms with Crippen LogP contribution in [0, 0.1) is 17.3 Å². The normalized spacial score (nSPS) is 26.3. The van der Waals surface area contributed by atoms with Crippen molar-refractivity contribution in [3.8, 4) is 0 Å². The summed E-state index contributed by atoms with van der Waals surface area (Å²) < 4.78 is 0. The lowest BCUT2D eigenvalue weighted by molar-refractivity contribution is -0.121. The first kappa shape index (κ1) is 13.5. The summed E-state index contributed by atoms with van der Waals surface area (Å²) in [6.45, 7) is 9.51.